The van der Waals surface area contributed by atoms with Crippen molar-refractivity contribution in [3.8, 4) is 0 Å². The second kappa shape index (κ2) is 5.44. The van der Waals surface area contributed by atoms with Gasteiger partial charge in [-0.05, 0) is 55.2 Å². The molecule has 1 nitrogen and oxygen atoms in total. The highest BCUT2D eigenvalue weighted by Crippen LogP contribution is 2.36. The molecule has 1 fully saturated rings. The van der Waals surface area contributed by atoms with Gasteiger partial charge in [-0.3, -0.25) is 0 Å². The van der Waals surface area contributed by atoms with E-state index >= 15 is 0 Å². The van der Waals surface area contributed by atoms with Crippen LogP contribution in [0.4, 0.5) is 0 Å². The molecule has 0 heterocycles. The fourth-order valence-electron chi connectivity index (χ4n) is 3.42. The van der Waals surface area contributed by atoms with Crippen LogP contribution in [-0.2, 0) is 6.42 Å². The first-order valence-electron chi connectivity index (χ1n) is 6.85. The molecule has 0 radical (unpaired) electrons. The maximum atomic E-state index is 6.06. The average molecular weight is 282 g/mol. The lowest BCUT2D eigenvalue weighted by Gasteiger charge is -2.24. The molecule has 0 spiro atoms. The summed E-state index contributed by atoms with van der Waals surface area (Å²) >= 11 is 8.09. The second-order valence-corrected chi connectivity index (χ2v) is 6.93. The van der Waals surface area contributed by atoms with Crippen molar-refractivity contribution >= 4 is 23.4 Å². The lowest BCUT2D eigenvalue weighted by Crippen LogP contribution is -2.36. The molecule has 0 bridgehead atoms. The predicted molar refractivity (Wildman–Crippen MR) is 80.6 cm³/mol. The van der Waals surface area contributed by atoms with Crippen LogP contribution in [0.25, 0.3) is 0 Å². The Labute approximate surface area is 119 Å². The van der Waals surface area contributed by atoms with E-state index < -0.39 is 0 Å². The fraction of sp³-hybridized carbons (Fsp3) is 0.600. The Balaban J connectivity index is 1.73. The molecule has 3 rings (SSSR count). The van der Waals surface area contributed by atoms with E-state index in [1.165, 1.54) is 43.2 Å². The third kappa shape index (κ3) is 2.43. The minimum Gasteiger partial charge on any atom is -0.306 e. The summed E-state index contributed by atoms with van der Waals surface area (Å²) in [6.07, 6.45) is 8.73. The monoisotopic (exact) mass is 281 g/mol. The predicted octanol–water partition coefficient (Wildman–Crippen LogP) is 4.20. The van der Waals surface area contributed by atoms with Gasteiger partial charge in [-0.15, -0.1) is 0 Å². The SMILES string of the molecule is CSC1CCCC1NC1CCc2cc(Cl)ccc21. The van der Waals surface area contributed by atoms with Crippen molar-refractivity contribution in [1.29, 1.82) is 0 Å². The molecule has 2 aliphatic carbocycles. The molecule has 1 N–H and O–H groups in total. The maximum Gasteiger partial charge on any atom is 0.0408 e. The number of thioether (sulfide) groups is 1. The summed E-state index contributed by atoms with van der Waals surface area (Å²) in [6, 6.07) is 7.63. The zero-order valence-corrected chi connectivity index (χ0v) is 12.4. The summed E-state index contributed by atoms with van der Waals surface area (Å²) in [7, 11) is 0. The smallest absolute Gasteiger partial charge is 0.0408 e. The second-order valence-electron chi connectivity index (χ2n) is 5.41. The molecule has 1 aromatic rings. The number of benzene rings is 1. The number of aryl methyl sites for hydroxylation is 1. The number of halogens is 1. The van der Waals surface area contributed by atoms with E-state index in [-0.39, 0.29) is 0 Å². The number of fused-ring (bicyclic) bond motifs is 1. The molecule has 2 aliphatic rings. The maximum absolute atomic E-state index is 6.06. The highest BCUT2D eigenvalue weighted by atomic mass is 35.5. The molecule has 1 aromatic carbocycles. The number of nitrogens with one attached hydrogen (secondary N) is 1. The molecule has 0 aromatic heterocycles. The van der Waals surface area contributed by atoms with E-state index in [0.29, 0.717) is 12.1 Å². The standard InChI is InChI=1S/C15H20ClNS/c1-18-15-4-2-3-14(15)17-13-8-5-10-9-11(16)6-7-12(10)13/h6-7,9,13-15,17H,2-5,8H2,1H3. The van der Waals surface area contributed by atoms with Crippen molar-refractivity contribution in [2.45, 2.75) is 49.4 Å². The Morgan fingerprint density at radius 1 is 1.28 bits per heavy atom. The molecule has 98 valence electrons. The van der Waals surface area contributed by atoms with Gasteiger partial charge in [-0.1, -0.05) is 24.1 Å². The topological polar surface area (TPSA) is 12.0 Å². The normalized spacial score (nSPS) is 30.7. The average Bonchev–Trinajstić information content (AvgIpc) is 2.96. The summed E-state index contributed by atoms with van der Waals surface area (Å²) in [4.78, 5) is 0. The lowest BCUT2D eigenvalue weighted by atomic mass is 10.1. The van der Waals surface area contributed by atoms with Crippen molar-refractivity contribution in [2.24, 2.45) is 0 Å². The zero-order chi connectivity index (χ0) is 12.5. The van der Waals surface area contributed by atoms with Gasteiger partial charge >= 0.3 is 0 Å². The highest BCUT2D eigenvalue weighted by Gasteiger charge is 2.31. The quantitative estimate of drug-likeness (QED) is 0.891. The molecule has 1 saturated carbocycles. The Bertz CT molecular complexity index is 435. The molecule has 18 heavy (non-hydrogen) atoms. The summed E-state index contributed by atoms with van der Waals surface area (Å²) in [5.41, 5.74) is 2.92. The summed E-state index contributed by atoms with van der Waals surface area (Å²) in [6.45, 7) is 0. The Kier molecular flexibility index (Phi) is 3.88. The van der Waals surface area contributed by atoms with Crippen LogP contribution in [0.15, 0.2) is 18.2 Å². The van der Waals surface area contributed by atoms with Crippen LogP contribution in [0.2, 0.25) is 5.02 Å². The first-order chi connectivity index (χ1) is 8.78. The largest absolute Gasteiger partial charge is 0.306 e. The third-order valence-corrected chi connectivity index (χ3v) is 5.76. The van der Waals surface area contributed by atoms with Crippen LogP contribution in [0, 0.1) is 0 Å². The lowest BCUT2D eigenvalue weighted by molar-refractivity contribution is 0.443. The van der Waals surface area contributed by atoms with E-state index in [0.717, 1.165) is 10.3 Å². The molecular weight excluding hydrogens is 262 g/mol. The number of hydrogen-bond acceptors (Lipinski definition) is 2. The van der Waals surface area contributed by atoms with Gasteiger partial charge in [0.15, 0.2) is 0 Å². The van der Waals surface area contributed by atoms with Crippen LogP contribution in [0.3, 0.4) is 0 Å². The van der Waals surface area contributed by atoms with Crippen molar-refractivity contribution < 1.29 is 0 Å². The summed E-state index contributed by atoms with van der Waals surface area (Å²) in [5, 5.41) is 5.57. The van der Waals surface area contributed by atoms with E-state index in [9.17, 15) is 0 Å². The van der Waals surface area contributed by atoms with Gasteiger partial charge in [0.05, 0.1) is 0 Å². The summed E-state index contributed by atoms with van der Waals surface area (Å²) in [5.74, 6) is 0. The minimum absolute atomic E-state index is 0.551. The zero-order valence-electron chi connectivity index (χ0n) is 10.8. The minimum atomic E-state index is 0.551. The van der Waals surface area contributed by atoms with Crippen LogP contribution in [0.5, 0.6) is 0 Å². The van der Waals surface area contributed by atoms with Gasteiger partial charge in [0.25, 0.3) is 0 Å². The Morgan fingerprint density at radius 2 is 2.17 bits per heavy atom. The van der Waals surface area contributed by atoms with Crippen LogP contribution >= 0.6 is 23.4 Å². The molecular formula is C15H20ClNS. The first-order valence-corrected chi connectivity index (χ1v) is 8.51. The molecule has 3 unspecified atom stereocenters. The third-order valence-electron chi connectivity index (χ3n) is 4.35. The van der Waals surface area contributed by atoms with E-state index in [2.05, 4.69) is 23.7 Å². The first kappa shape index (κ1) is 12.8. The van der Waals surface area contributed by atoms with E-state index in [1.807, 2.05) is 17.8 Å². The van der Waals surface area contributed by atoms with E-state index in [1.54, 1.807) is 0 Å². The Hall–Kier alpha value is -0.180. The van der Waals surface area contributed by atoms with Crippen LogP contribution in [-0.4, -0.2) is 17.5 Å². The van der Waals surface area contributed by atoms with Gasteiger partial charge in [-0.2, -0.15) is 11.8 Å². The van der Waals surface area contributed by atoms with E-state index in [4.69, 9.17) is 11.6 Å². The fourth-order valence-corrected chi connectivity index (χ4v) is 4.56. The van der Waals surface area contributed by atoms with Crippen molar-refractivity contribution in [3.05, 3.63) is 34.3 Å². The van der Waals surface area contributed by atoms with Crippen LogP contribution < -0.4 is 5.32 Å². The van der Waals surface area contributed by atoms with Crippen molar-refractivity contribution in [3.63, 3.8) is 0 Å². The van der Waals surface area contributed by atoms with Crippen molar-refractivity contribution in [1.82, 2.24) is 5.32 Å². The van der Waals surface area contributed by atoms with Crippen LogP contribution in [0.1, 0.15) is 42.9 Å². The highest BCUT2D eigenvalue weighted by molar-refractivity contribution is 7.99. The number of rotatable bonds is 3. The van der Waals surface area contributed by atoms with Gasteiger partial charge in [0.1, 0.15) is 0 Å². The molecule has 0 aliphatic heterocycles. The molecule has 0 saturated heterocycles. The van der Waals surface area contributed by atoms with Gasteiger partial charge in [0.2, 0.25) is 0 Å². The Morgan fingerprint density at radius 3 is 3.00 bits per heavy atom. The van der Waals surface area contributed by atoms with Gasteiger partial charge < -0.3 is 5.32 Å². The van der Waals surface area contributed by atoms with Gasteiger partial charge in [0, 0.05) is 22.4 Å². The molecule has 3 atom stereocenters. The molecule has 3 heteroatoms. The summed E-state index contributed by atoms with van der Waals surface area (Å²) < 4.78 is 0. The van der Waals surface area contributed by atoms with Crippen molar-refractivity contribution in [2.75, 3.05) is 6.26 Å². The number of hydrogen-bond donors (Lipinski definition) is 1. The molecule has 0 amide bonds. The van der Waals surface area contributed by atoms with Gasteiger partial charge in [-0.25, -0.2) is 0 Å².